The quantitative estimate of drug-likeness (QED) is 0.852. The molecular weight excluding hydrogens is 341 g/mol. The number of nitrogens with one attached hydrogen (secondary N) is 1. The molecule has 1 N–H and O–H groups in total. The van der Waals surface area contributed by atoms with Crippen molar-refractivity contribution in [2.75, 3.05) is 12.8 Å². The first-order valence-electron chi connectivity index (χ1n) is 5.34. The number of hydrogen-bond donors (Lipinski definition) is 1. The maximum absolute atomic E-state index is 13.3. The van der Waals surface area contributed by atoms with E-state index < -0.39 is 15.8 Å². The molecule has 7 heteroatoms. The summed E-state index contributed by atoms with van der Waals surface area (Å²) in [6.45, 7) is 2.38. The van der Waals surface area contributed by atoms with Gasteiger partial charge in [0, 0.05) is 11.8 Å². The molecule has 0 saturated heterocycles. The maximum atomic E-state index is 13.3. The molecule has 3 nitrogen and oxygen atoms in total. The number of thioether (sulfide) groups is 1. The highest BCUT2D eigenvalue weighted by molar-refractivity contribution is 9.10. The lowest BCUT2D eigenvalue weighted by molar-refractivity contribution is 0.574. The average molecular weight is 356 g/mol. The predicted octanol–water partition coefficient (Wildman–Crippen LogP) is 3.01. The zero-order chi connectivity index (χ0) is 13.8. The Morgan fingerprint density at radius 2 is 2.17 bits per heavy atom. The highest BCUT2D eigenvalue weighted by atomic mass is 79.9. The third kappa shape index (κ3) is 4.53. The highest BCUT2D eigenvalue weighted by Gasteiger charge is 2.15. The molecule has 1 rings (SSSR count). The van der Waals surface area contributed by atoms with E-state index >= 15 is 0 Å². The predicted molar refractivity (Wildman–Crippen MR) is 76.9 cm³/mol. The monoisotopic (exact) mass is 355 g/mol. The third-order valence-corrected chi connectivity index (χ3v) is 5.59. The van der Waals surface area contributed by atoms with Crippen LogP contribution in [0.25, 0.3) is 0 Å². The minimum Gasteiger partial charge on any atom is -0.211 e. The van der Waals surface area contributed by atoms with E-state index in [4.69, 9.17) is 0 Å². The lowest BCUT2D eigenvalue weighted by Gasteiger charge is -2.10. The van der Waals surface area contributed by atoms with E-state index in [2.05, 4.69) is 20.7 Å². The molecule has 1 aromatic carbocycles. The minimum atomic E-state index is -3.62. The van der Waals surface area contributed by atoms with Crippen LogP contribution in [-0.4, -0.2) is 26.5 Å². The molecule has 0 amide bonds. The molecular formula is C11H15BrFNO2S2. The summed E-state index contributed by atoms with van der Waals surface area (Å²) in [6, 6.07) is 3.76. The fraction of sp³-hybridized carbons (Fsp3) is 0.455. The van der Waals surface area contributed by atoms with Gasteiger partial charge in [0.05, 0.1) is 9.37 Å². The molecule has 0 heterocycles. The molecule has 0 aliphatic carbocycles. The molecule has 18 heavy (non-hydrogen) atoms. The summed E-state index contributed by atoms with van der Waals surface area (Å²) in [7, 11) is -3.62. The molecule has 0 radical (unpaired) electrons. The van der Waals surface area contributed by atoms with Gasteiger partial charge in [-0.15, -0.1) is 0 Å². The van der Waals surface area contributed by atoms with Crippen LogP contribution in [0.3, 0.4) is 0 Å². The second-order valence-electron chi connectivity index (χ2n) is 3.81. The Bertz CT molecular complexity index is 508. The molecule has 0 aromatic heterocycles. The summed E-state index contributed by atoms with van der Waals surface area (Å²) in [6.07, 6.45) is 2.71. The first kappa shape index (κ1) is 15.9. The van der Waals surface area contributed by atoms with Crippen LogP contribution in [0.5, 0.6) is 0 Å². The van der Waals surface area contributed by atoms with Crippen LogP contribution in [0.15, 0.2) is 27.6 Å². The van der Waals surface area contributed by atoms with Gasteiger partial charge in [0.1, 0.15) is 5.82 Å². The van der Waals surface area contributed by atoms with Crippen LogP contribution in [0.4, 0.5) is 4.39 Å². The van der Waals surface area contributed by atoms with Gasteiger partial charge in [-0.25, -0.2) is 17.5 Å². The van der Waals surface area contributed by atoms with Crippen molar-refractivity contribution in [1.29, 1.82) is 0 Å². The molecule has 1 aromatic rings. The van der Waals surface area contributed by atoms with Crippen LogP contribution in [0, 0.1) is 5.82 Å². The SMILES string of the molecule is CSC(C)CCNS(=O)(=O)c1ccc(Br)c(F)c1. The van der Waals surface area contributed by atoms with Crippen molar-refractivity contribution in [2.45, 2.75) is 23.5 Å². The zero-order valence-electron chi connectivity index (χ0n) is 10.1. The molecule has 0 spiro atoms. The lowest BCUT2D eigenvalue weighted by Crippen LogP contribution is -2.26. The molecule has 0 aliphatic rings. The summed E-state index contributed by atoms with van der Waals surface area (Å²) in [5, 5.41) is 0.384. The highest BCUT2D eigenvalue weighted by Crippen LogP contribution is 2.19. The van der Waals surface area contributed by atoms with Crippen LogP contribution < -0.4 is 4.72 Å². The second-order valence-corrected chi connectivity index (χ2v) is 7.71. The van der Waals surface area contributed by atoms with E-state index in [1.807, 2.05) is 13.2 Å². The van der Waals surface area contributed by atoms with Crippen molar-refractivity contribution in [3.8, 4) is 0 Å². The molecule has 0 fully saturated rings. The number of benzene rings is 1. The van der Waals surface area contributed by atoms with Crippen molar-refractivity contribution >= 4 is 37.7 Å². The summed E-state index contributed by atoms with van der Waals surface area (Å²) < 4.78 is 39.7. The molecule has 102 valence electrons. The van der Waals surface area contributed by atoms with E-state index in [-0.39, 0.29) is 9.37 Å². The zero-order valence-corrected chi connectivity index (χ0v) is 13.3. The minimum absolute atomic E-state index is 0.0556. The van der Waals surface area contributed by atoms with E-state index in [0.717, 1.165) is 12.5 Å². The van der Waals surface area contributed by atoms with E-state index in [9.17, 15) is 12.8 Å². The van der Waals surface area contributed by atoms with Crippen LogP contribution in [0.1, 0.15) is 13.3 Å². The van der Waals surface area contributed by atoms with E-state index in [1.165, 1.54) is 12.1 Å². The van der Waals surface area contributed by atoms with Gasteiger partial charge in [-0.2, -0.15) is 11.8 Å². The van der Waals surface area contributed by atoms with Crippen LogP contribution >= 0.6 is 27.7 Å². The molecule has 1 unspecified atom stereocenters. The maximum Gasteiger partial charge on any atom is 0.240 e. The van der Waals surface area contributed by atoms with Gasteiger partial charge in [0.25, 0.3) is 0 Å². The Morgan fingerprint density at radius 3 is 2.72 bits per heavy atom. The van der Waals surface area contributed by atoms with E-state index in [0.29, 0.717) is 11.8 Å². The third-order valence-electron chi connectivity index (χ3n) is 2.45. The normalized spacial score (nSPS) is 13.6. The molecule has 0 aliphatic heterocycles. The van der Waals surface area contributed by atoms with Crippen LogP contribution in [-0.2, 0) is 10.0 Å². The summed E-state index contributed by atoms with van der Waals surface area (Å²) in [4.78, 5) is -0.0556. The fourth-order valence-corrected chi connectivity index (χ4v) is 2.90. The molecule has 0 bridgehead atoms. The van der Waals surface area contributed by atoms with Gasteiger partial charge in [0.15, 0.2) is 0 Å². The standard InChI is InChI=1S/C11H15BrFNO2S2/c1-8(17-2)5-6-14-18(15,16)9-3-4-10(12)11(13)7-9/h3-4,7-8,14H,5-6H2,1-2H3. The van der Waals surface area contributed by atoms with Crippen molar-refractivity contribution < 1.29 is 12.8 Å². The lowest BCUT2D eigenvalue weighted by atomic mass is 10.3. The van der Waals surface area contributed by atoms with E-state index in [1.54, 1.807) is 11.8 Å². The number of hydrogen-bond acceptors (Lipinski definition) is 3. The molecule has 0 saturated carbocycles. The van der Waals surface area contributed by atoms with Crippen LogP contribution in [0.2, 0.25) is 0 Å². The first-order chi connectivity index (χ1) is 8.36. The number of rotatable bonds is 6. The smallest absolute Gasteiger partial charge is 0.211 e. The first-order valence-corrected chi connectivity index (χ1v) is 8.90. The Kier molecular flexibility index (Phi) is 6.10. The summed E-state index contributed by atoms with van der Waals surface area (Å²) in [5.41, 5.74) is 0. The van der Waals surface area contributed by atoms with Gasteiger partial charge in [0.2, 0.25) is 10.0 Å². The molecule has 1 atom stereocenters. The van der Waals surface area contributed by atoms with Crippen molar-refractivity contribution in [3.05, 3.63) is 28.5 Å². The number of sulfonamides is 1. The van der Waals surface area contributed by atoms with Gasteiger partial charge >= 0.3 is 0 Å². The van der Waals surface area contributed by atoms with Crippen molar-refractivity contribution in [1.82, 2.24) is 4.72 Å². The topological polar surface area (TPSA) is 46.2 Å². The second kappa shape index (κ2) is 6.88. The Labute approximate surface area is 120 Å². The average Bonchev–Trinajstić information content (AvgIpc) is 2.32. The largest absolute Gasteiger partial charge is 0.240 e. The Morgan fingerprint density at radius 1 is 1.50 bits per heavy atom. The Balaban J connectivity index is 2.71. The fourth-order valence-electron chi connectivity index (χ4n) is 1.24. The van der Waals surface area contributed by atoms with Gasteiger partial charge in [-0.1, -0.05) is 6.92 Å². The van der Waals surface area contributed by atoms with Gasteiger partial charge in [-0.05, 0) is 46.8 Å². The Hall–Kier alpha value is -0.110. The van der Waals surface area contributed by atoms with Gasteiger partial charge < -0.3 is 0 Å². The summed E-state index contributed by atoms with van der Waals surface area (Å²) >= 11 is 4.66. The van der Waals surface area contributed by atoms with Crippen molar-refractivity contribution in [2.24, 2.45) is 0 Å². The number of halogens is 2. The summed E-state index contributed by atoms with van der Waals surface area (Å²) in [5.74, 6) is -0.588. The van der Waals surface area contributed by atoms with Gasteiger partial charge in [-0.3, -0.25) is 0 Å². The van der Waals surface area contributed by atoms with Crippen molar-refractivity contribution in [3.63, 3.8) is 0 Å².